The van der Waals surface area contributed by atoms with Crippen LogP contribution in [0.3, 0.4) is 0 Å². The van der Waals surface area contributed by atoms with Gasteiger partial charge in [-0.2, -0.15) is 0 Å². The average molecular weight is 335 g/mol. The first kappa shape index (κ1) is 17.1. The van der Waals surface area contributed by atoms with E-state index in [0.29, 0.717) is 16.4 Å². The number of hydrogen-bond donors (Lipinski definition) is 1. The molecule has 5 nitrogen and oxygen atoms in total. The fraction of sp³-hybridized carbons (Fsp3) is 0.294. The molecule has 2 aromatic carbocycles. The van der Waals surface area contributed by atoms with Gasteiger partial charge >= 0.3 is 0 Å². The van der Waals surface area contributed by atoms with Crippen LogP contribution in [0.2, 0.25) is 0 Å². The molecule has 0 aliphatic rings. The van der Waals surface area contributed by atoms with E-state index in [1.54, 1.807) is 26.4 Å². The Morgan fingerprint density at radius 1 is 0.957 bits per heavy atom. The highest BCUT2D eigenvalue weighted by Crippen LogP contribution is 2.29. The van der Waals surface area contributed by atoms with Gasteiger partial charge in [-0.3, -0.25) is 0 Å². The number of nitrogens with one attached hydrogen (secondary N) is 1. The van der Waals surface area contributed by atoms with Crippen molar-refractivity contribution in [1.29, 1.82) is 0 Å². The minimum atomic E-state index is -3.14. The van der Waals surface area contributed by atoms with Gasteiger partial charge in [-0.25, -0.2) is 8.42 Å². The summed E-state index contributed by atoms with van der Waals surface area (Å²) in [6, 6.07) is 12.6. The first-order chi connectivity index (χ1) is 10.9. The van der Waals surface area contributed by atoms with Crippen molar-refractivity contribution in [3.05, 3.63) is 48.0 Å². The fourth-order valence-corrected chi connectivity index (χ4v) is 2.83. The summed E-state index contributed by atoms with van der Waals surface area (Å²) >= 11 is 0. The lowest BCUT2D eigenvalue weighted by Gasteiger charge is -2.11. The van der Waals surface area contributed by atoms with E-state index >= 15 is 0 Å². The summed E-state index contributed by atoms with van der Waals surface area (Å²) in [5.74, 6) is 1.37. The van der Waals surface area contributed by atoms with E-state index in [0.717, 1.165) is 24.2 Å². The van der Waals surface area contributed by atoms with Gasteiger partial charge in [0.2, 0.25) is 0 Å². The molecule has 2 aromatic rings. The molecule has 0 atom stereocenters. The van der Waals surface area contributed by atoms with Gasteiger partial charge in [0, 0.05) is 24.6 Å². The quantitative estimate of drug-likeness (QED) is 0.843. The zero-order valence-electron chi connectivity index (χ0n) is 13.5. The van der Waals surface area contributed by atoms with Crippen molar-refractivity contribution in [2.45, 2.75) is 11.3 Å². The van der Waals surface area contributed by atoms with Crippen LogP contribution in [0.15, 0.2) is 47.4 Å². The number of benzene rings is 2. The largest absolute Gasteiger partial charge is 0.493 e. The minimum Gasteiger partial charge on any atom is -0.493 e. The first-order valence-corrected chi connectivity index (χ1v) is 9.08. The maximum absolute atomic E-state index is 11.4. The fourth-order valence-electron chi connectivity index (χ4n) is 2.20. The normalized spacial score (nSPS) is 11.1. The van der Waals surface area contributed by atoms with Gasteiger partial charge < -0.3 is 14.8 Å². The number of ether oxygens (including phenoxy) is 2. The highest BCUT2D eigenvalue weighted by Gasteiger charge is 2.06. The van der Waals surface area contributed by atoms with Gasteiger partial charge in [-0.05, 0) is 36.2 Å². The monoisotopic (exact) mass is 335 g/mol. The van der Waals surface area contributed by atoms with Gasteiger partial charge in [0.15, 0.2) is 21.3 Å². The molecule has 0 aliphatic heterocycles. The molecule has 6 heteroatoms. The highest BCUT2D eigenvalue weighted by atomic mass is 32.2. The number of rotatable bonds is 7. The molecule has 0 unspecified atom stereocenters. The summed E-state index contributed by atoms with van der Waals surface area (Å²) in [5.41, 5.74) is 2.01. The Morgan fingerprint density at radius 3 is 2.17 bits per heavy atom. The van der Waals surface area contributed by atoms with E-state index in [1.807, 2.05) is 30.3 Å². The number of hydrogen-bond acceptors (Lipinski definition) is 5. The van der Waals surface area contributed by atoms with Crippen LogP contribution < -0.4 is 14.8 Å². The van der Waals surface area contributed by atoms with Crippen molar-refractivity contribution in [2.75, 3.05) is 32.3 Å². The minimum absolute atomic E-state index is 0.342. The third-order valence-electron chi connectivity index (χ3n) is 3.48. The number of sulfone groups is 1. The van der Waals surface area contributed by atoms with E-state index in [2.05, 4.69) is 5.32 Å². The van der Waals surface area contributed by atoms with E-state index in [4.69, 9.17) is 9.47 Å². The third-order valence-corrected chi connectivity index (χ3v) is 4.61. The lowest BCUT2D eigenvalue weighted by molar-refractivity contribution is 0.355. The molecule has 0 saturated carbocycles. The van der Waals surface area contributed by atoms with Crippen LogP contribution in [0.4, 0.5) is 5.69 Å². The molecule has 1 N–H and O–H groups in total. The Kier molecular flexibility index (Phi) is 5.50. The zero-order valence-corrected chi connectivity index (χ0v) is 14.3. The molecule has 0 bridgehead atoms. The molecule has 0 aliphatic carbocycles. The predicted molar refractivity (Wildman–Crippen MR) is 91.3 cm³/mol. The van der Waals surface area contributed by atoms with Gasteiger partial charge in [-0.1, -0.05) is 12.1 Å². The van der Waals surface area contributed by atoms with Crippen LogP contribution in [-0.2, 0) is 16.3 Å². The maximum Gasteiger partial charge on any atom is 0.175 e. The van der Waals surface area contributed by atoms with Crippen LogP contribution in [0, 0.1) is 0 Å². The summed E-state index contributed by atoms with van der Waals surface area (Å²) in [4.78, 5) is 0.342. The molecular formula is C17H21NO4S. The van der Waals surface area contributed by atoms with Crippen molar-refractivity contribution in [3.8, 4) is 11.5 Å². The molecular weight excluding hydrogens is 314 g/mol. The smallest absolute Gasteiger partial charge is 0.175 e. The number of anilines is 1. The van der Waals surface area contributed by atoms with Crippen molar-refractivity contribution < 1.29 is 17.9 Å². The summed E-state index contributed by atoms with van der Waals surface area (Å²) in [5, 5.41) is 3.31. The van der Waals surface area contributed by atoms with Crippen LogP contribution in [-0.4, -0.2) is 35.4 Å². The molecule has 0 amide bonds. The molecule has 0 radical (unpaired) electrons. The Balaban J connectivity index is 1.95. The topological polar surface area (TPSA) is 64.6 Å². The lowest BCUT2D eigenvalue weighted by Crippen LogP contribution is -2.05. The van der Waals surface area contributed by atoms with Gasteiger partial charge in [0.05, 0.1) is 19.1 Å². The van der Waals surface area contributed by atoms with E-state index < -0.39 is 9.84 Å². The van der Waals surface area contributed by atoms with Gasteiger partial charge in [0.25, 0.3) is 0 Å². The Labute approximate surface area is 137 Å². The van der Waals surface area contributed by atoms with Crippen LogP contribution in [0.5, 0.6) is 11.5 Å². The molecule has 0 heterocycles. The van der Waals surface area contributed by atoms with Gasteiger partial charge in [0.1, 0.15) is 0 Å². The maximum atomic E-state index is 11.4. The molecule has 0 saturated heterocycles. The lowest BCUT2D eigenvalue weighted by atomic mass is 10.1. The molecule has 0 fully saturated rings. The van der Waals surface area contributed by atoms with Crippen molar-refractivity contribution in [3.63, 3.8) is 0 Å². The standard InChI is InChI=1S/C17H21NO4S/c1-21-16-9-6-14(12-17(16)22-2)18-11-10-13-4-7-15(8-5-13)23(3,19)20/h4-9,12,18H,10-11H2,1-3H3. The second-order valence-corrected chi connectivity index (χ2v) is 7.18. The Morgan fingerprint density at radius 2 is 1.61 bits per heavy atom. The Bertz CT molecular complexity index is 755. The van der Waals surface area contributed by atoms with Gasteiger partial charge in [-0.15, -0.1) is 0 Å². The SMILES string of the molecule is COc1ccc(NCCc2ccc(S(C)(=O)=O)cc2)cc1OC. The molecule has 124 valence electrons. The van der Waals surface area contributed by atoms with Crippen LogP contribution >= 0.6 is 0 Å². The second kappa shape index (κ2) is 7.37. The zero-order chi connectivity index (χ0) is 16.9. The number of methoxy groups -OCH3 is 2. The van der Waals surface area contributed by atoms with Crippen molar-refractivity contribution in [1.82, 2.24) is 0 Å². The molecule has 23 heavy (non-hydrogen) atoms. The van der Waals surface area contributed by atoms with Crippen molar-refractivity contribution >= 4 is 15.5 Å². The molecule has 2 rings (SSSR count). The first-order valence-electron chi connectivity index (χ1n) is 7.19. The summed E-state index contributed by atoms with van der Waals surface area (Å²) < 4.78 is 33.3. The summed E-state index contributed by atoms with van der Waals surface area (Å²) in [7, 11) is 0.0657. The average Bonchev–Trinajstić information content (AvgIpc) is 2.54. The third kappa shape index (κ3) is 4.63. The van der Waals surface area contributed by atoms with Crippen LogP contribution in [0.1, 0.15) is 5.56 Å². The summed E-state index contributed by atoms with van der Waals surface area (Å²) in [6.07, 6.45) is 2.00. The summed E-state index contributed by atoms with van der Waals surface area (Å²) in [6.45, 7) is 0.730. The molecule has 0 aromatic heterocycles. The molecule has 0 spiro atoms. The van der Waals surface area contributed by atoms with E-state index in [9.17, 15) is 8.42 Å². The van der Waals surface area contributed by atoms with Crippen LogP contribution in [0.25, 0.3) is 0 Å². The van der Waals surface area contributed by atoms with E-state index in [1.165, 1.54) is 6.26 Å². The van der Waals surface area contributed by atoms with Crippen molar-refractivity contribution in [2.24, 2.45) is 0 Å². The predicted octanol–water partition coefficient (Wildman–Crippen LogP) is 2.76. The Hall–Kier alpha value is -2.21. The van der Waals surface area contributed by atoms with E-state index in [-0.39, 0.29) is 0 Å². The second-order valence-electron chi connectivity index (χ2n) is 5.16. The highest BCUT2D eigenvalue weighted by molar-refractivity contribution is 7.90.